The summed E-state index contributed by atoms with van der Waals surface area (Å²) in [4.78, 5) is 71.0. The molecule has 14 nitrogen and oxygen atoms in total. The number of amides is 3. The number of nitrogens with one attached hydrogen (secondary N) is 2. The van der Waals surface area contributed by atoms with Crippen molar-refractivity contribution in [2.24, 2.45) is 0 Å². The van der Waals surface area contributed by atoms with E-state index < -0.39 is 42.4 Å². The van der Waals surface area contributed by atoms with Gasteiger partial charge in [0, 0.05) is 62.0 Å². The lowest BCUT2D eigenvalue weighted by atomic mass is 10.1. The number of halogens is 1. The minimum absolute atomic E-state index is 0.0176. The largest absolute Gasteiger partial charge is 0.481 e. The maximum Gasteiger partial charge on any atom is 0.326 e. The smallest absolute Gasteiger partial charge is 0.326 e. The van der Waals surface area contributed by atoms with Crippen LogP contribution < -0.4 is 20.4 Å². The van der Waals surface area contributed by atoms with E-state index in [2.05, 4.69) is 53.5 Å². The molecule has 2 aromatic carbocycles. The summed E-state index contributed by atoms with van der Waals surface area (Å²) >= 11 is 3.43. The number of aliphatic carboxylic acids is 3. The minimum Gasteiger partial charge on any atom is -0.481 e. The van der Waals surface area contributed by atoms with Gasteiger partial charge in [-0.2, -0.15) is 0 Å². The molecule has 3 aromatic rings. The Morgan fingerprint density at radius 3 is 1.98 bits per heavy atom. The van der Waals surface area contributed by atoms with Crippen LogP contribution in [-0.2, 0) is 20.9 Å². The van der Waals surface area contributed by atoms with Crippen LogP contribution in [-0.4, -0.2) is 99.9 Å². The maximum absolute atomic E-state index is 13.8. The van der Waals surface area contributed by atoms with Gasteiger partial charge >= 0.3 is 23.9 Å². The lowest BCUT2D eigenvalue weighted by Crippen LogP contribution is -2.51. The van der Waals surface area contributed by atoms with Crippen LogP contribution >= 0.6 is 15.9 Å². The van der Waals surface area contributed by atoms with Crippen LogP contribution in [0.4, 0.5) is 16.3 Å². The number of hydrogen-bond donors (Lipinski definition) is 5. The van der Waals surface area contributed by atoms with Gasteiger partial charge in [-0.15, -0.1) is 0 Å². The molecule has 5 N–H and O–H groups in total. The molecular formula is C35H41BrN6O8. The van der Waals surface area contributed by atoms with Crippen molar-refractivity contribution in [3.63, 3.8) is 0 Å². The molecule has 0 radical (unpaired) electrons. The van der Waals surface area contributed by atoms with Crippen LogP contribution in [0.3, 0.4) is 0 Å². The zero-order valence-electron chi connectivity index (χ0n) is 27.4. The van der Waals surface area contributed by atoms with E-state index in [-0.39, 0.29) is 18.7 Å². The number of hydrogen-bond acceptors (Lipinski definition) is 8. The Kier molecular flexibility index (Phi) is 14.0. The maximum atomic E-state index is 13.8. The number of aromatic nitrogens is 1. The zero-order chi connectivity index (χ0) is 36.0. The van der Waals surface area contributed by atoms with Crippen molar-refractivity contribution in [3.05, 3.63) is 88.5 Å². The second-order valence-electron chi connectivity index (χ2n) is 11.9. The number of para-hydroxylation sites is 1. The quantitative estimate of drug-likeness (QED) is 0.125. The molecule has 1 aromatic heterocycles. The monoisotopic (exact) mass is 752 g/mol. The Hall–Kier alpha value is -5.18. The first kappa shape index (κ1) is 37.6. The first-order chi connectivity index (χ1) is 24.0. The summed E-state index contributed by atoms with van der Waals surface area (Å²) in [5.74, 6) is -3.41. The fourth-order valence-corrected chi connectivity index (χ4v) is 5.83. The van der Waals surface area contributed by atoms with E-state index in [0.29, 0.717) is 31.5 Å². The topological polar surface area (TPSA) is 193 Å². The highest BCUT2D eigenvalue weighted by Crippen LogP contribution is 2.21. The molecule has 0 aliphatic carbocycles. The molecule has 0 spiro atoms. The van der Waals surface area contributed by atoms with Gasteiger partial charge in [-0.05, 0) is 67.6 Å². The third-order valence-corrected chi connectivity index (χ3v) is 8.85. The van der Waals surface area contributed by atoms with E-state index in [1.54, 1.807) is 17.2 Å². The molecule has 2 heterocycles. The number of carbonyl (C=O) groups excluding carboxylic acids is 2. The van der Waals surface area contributed by atoms with Gasteiger partial charge in [0.2, 0.25) is 0 Å². The van der Waals surface area contributed by atoms with Gasteiger partial charge in [-0.3, -0.25) is 9.59 Å². The number of anilines is 2. The SMILES string of the molecule is O=C(O)CC[C@H](NC(=O)N[C@@H](CCCCN(Cc1ccc(Br)cc1)C(=O)c1ccc(N2CCN(c3ccccc3)CC2)nc1)C(=O)O)C(=O)O. The van der Waals surface area contributed by atoms with Crippen LogP contribution in [0.25, 0.3) is 0 Å². The minimum atomic E-state index is -1.49. The Bertz CT molecular complexity index is 1600. The Balaban J connectivity index is 1.34. The van der Waals surface area contributed by atoms with Crippen LogP contribution in [0.15, 0.2) is 77.4 Å². The van der Waals surface area contributed by atoms with Gasteiger partial charge in [0.15, 0.2) is 0 Å². The lowest BCUT2D eigenvalue weighted by molar-refractivity contribution is -0.140. The summed E-state index contributed by atoms with van der Waals surface area (Å²) < 4.78 is 0.899. The van der Waals surface area contributed by atoms with Crippen molar-refractivity contribution in [1.29, 1.82) is 0 Å². The van der Waals surface area contributed by atoms with E-state index in [4.69, 9.17) is 5.11 Å². The molecule has 1 aliphatic rings. The number of benzene rings is 2. The van der Waals surface area contributed by atoms with E-state index in [0.717, 1.165) is 42.0 Å². The normalized spacial score (nSPS) is 13.9. The van der Waals surface area contributed by atoms with Crippen LogP contribution in [0, 0.1) is 0 Å². The van der Waals surface area contributed by atoms with Crippen LogP contribution in [0.2, 0.25) is 0 Å². The fourth-order valence-electron chi connectivity index (χ4n) is 5.57. The number of piperazine rings is 1. The predicted octanol–water partition coefficient (Wildman–Crippen LogP) is 4.05. The highest BCUT2D eigenvalue weighted by atomic mass is 79.9. The molecule has 3 amide bonds. The Labute approximate surface area is 298 Å². The summed E-state index contributed by atoms with van der Waals surface area (Å²) in [6.45, 7) is 3.91. The molecule has 0 unspecified atom stereocenters. The molecule has 1 saturated heterocycles. The molecule has 1 aliphatic heterocycles. The van der Waals surface area contributed by atoms with Crippen molar-refractivity contribution in [3.8, 4) is 0 Å². The number of carbonyl (C=O) groups is 5. The fraction of sp³-hybridized carbons (Fsp3) is 0.371. The highest BCUT2D eigenvalue weighted by molar-refractivity contribution is 9.10. The summed E-state index contributed by atoms with van der Waals surface area (Å²) in [5.41, 5.74) is 2.51. The number of pyridine rings is 1. The third kappa shape index (κ3) is 11.5. The number of carboxylic acids is 3. The molecule has 0 bridgehead atoms. The average molecular weight is 754 g/mol. The summed E-state index contributed by atoms with van der Waals surface area (Å²) in [7, 11) is 0. The highest BCUT2D eigenvalue weighted by Gasteiger charge is 2.25. The first-order valence-corrected chi connectivity index (χ1v) is 17.1. The van der Waals surface area contributed by atoms with Crippen molar-refractivity contribution in [2.75, 3.05) is 42.5 Å². The first-order valence-electron chi connectivity index (χ1n) is 16.3. The molecule has 50 heavy (non-hydrogen) atoms. The number of carboxylic acid groups (broad SMARTS) is 3. The second-order valence-corrected chi connectivity index (χ2v) is 12.8. The van der Waals surface area contributed by atoms with Crippen molar-refractivity contribution in [1.82, 2.24) is 20.5 Å². The van der Waals surface area contributed by atoms with Gasteiger partial charge < -0.3 is 40.7 Å². The number of nitrogens with zero attached hydrogens (tertiary/aromatic N) is 4. The molecule has 15 heteroatoms. The molecule has 266 valence electrons. The van der Waals surface area contributed by atoms with Crippen molar-refractivity contribution < 1.29 is 39.3 Å². The summed E-state index contributed by atoms with van der Waals surface area (Å²) in [6.07, 6.45) is 1.50. The predicted molar refractivity (Wildman–Crippen MR) is 189 cm³/mol. The third-order valence-electron chi connectivity index (χ3n) is 8.32. The van der Waals surface area contributed by atoms with Crippen LogP contribution in [0.1, 0.15) is 48.0 Å². The second kappa shape index (κ2) is 18.5. The van der Waals surface area contributed by atoms with Gasteiger partial charge in [0.05, 0.1) is 5.56 Å². The van der Waals surface area contributed by atoms with E-state index in [9.17, 15) is 34.2 Å². The molecule has 4 rings (SSSR count). The molecular weight excluding hydrogens is 712 g/mol. The Morgan fingerprint density at radius 2 is 1.40 bits per heavy atom. The number of urea groups is 1. The summed E-state index contributed by atoms with van der Waals surface area (Å²) in [5, 5.41) is 32.1. The van der Waals surface area contributed by atoms with Crippen molar-refractivity contribution in [2.45, 2.75) is 50.7 Å². The summed E-state index contributed by atoms with van der Waals surface area (Å²) in [6, 6.07) is 17.6. The number of unbranched alkanes of at least 4 members (excludes halogenated alkanes) is 1. The zero-order valence-corrected chi connectivity index (χ0v) is 29.0. The Morgan fingerprint density at radius 1 is 0.780 bits per heavy atom. The van der Waals surface area contributed by atoms with Crippen molar-refractivity contribution >= 4 is 57.3 Å². The van der Waals surface area contributed by atoms with Gasteiger partial charge in [-0.1, -0.05) is 46.3 Å². The van der Waals surface area contributed by atoms with Crippen LogP contribution in [0.5, 0.6) is 0 Å². The van der Waals surface area contributed by atoms with E-state index in [1.807, 2.05) is 48.5 Å². The van der Waals surface area contributed by atoms with E-state index >= 15 is 0 Å². The molecule has 0 saturated carbocycles. The molecule has 1 fully saturated rings. The standard InChI is InChI=1S/C35H41BrN6O8/c36-26-12-9-24(10-13-26)23-42(17-5-4-8-28(33(46)47)38-35(50)39-29(34(48)49)14-16-31(43)44)32(45)25-11-15-30(37-22-25)41-20-18-40(19-21-41)27-6-2-1-3-7-27/h1-3,6-7,9-13,15,22,28-29H,4-5,8,14,16-21,23H2,(H,43,44)(H,46,47)(H,48,49)(H2,38,39,50)/t28-,29-/m0/s1. The van der Waals surface area contributed by atoms with Gasteiger partial charge in [0.1, 0.15) is 17.9 Å². The van der Waals surface area contributed by atoms with E-state index in [1.165, 1.54) is 5.69 Å². The lowest BCUT2D eigenvalue weighted by Gasteiger charge is -2.36. The number of rotatable bonds is 17. The van der Waals surface area contributed by atoms with Gasteiger partial charge in [0.25, 0.3) is 5.91 Å². The van der Waals surface area contributed by atoms with Gasteiger partial charge in [-0.25, -0.2) is 19.4 Å². The molecule has 2 atom stereocenters. The average Bonchev–Trinajstić information content (AvgIpc) is 3.11.